The molecule has 6 aromatic rings. The summed E-state index contributed by atoms with van der Waals surface area (Å²) in [6.45, 7) is 0. The van der Waals surface area contributed by atoms with Gasteiger partial charge in [-0.25, -0.2) is 87.8 Å². The quantitative estimate of drug-likeness (QED) is 0.0416. The Morgan fingerprint density at radius 1 is 0.356 bits per heavy atom. The molecule has 6 aromatic carbocycles. The Labute approximate surface area is 319 Å². The van der Waals surface area contributed by atoms with Gasteiger partial charge in [0.1, 0.15) is 52.7 Å². The van der Waals surface area contributed by atoms with Crippen molar-refractivity contribution in [2.45, 2.75) is 0 Å². The van der Waals surface area contributed by atoms with Crippen LogP contribution in [0.5, 0.6) is 0 Å². The topological polar surface area (TPSA) is 17.1 Å². The molecule has 310 valence electrons. The van der Waals surface area contributed by atoms with Gasteiger partial charge in [0.25, 0.3) is 0 Å². The van der Waals surface area contributed by atoms with Gasteiger partial charge in [0, 0.05) is 5.56 Å². The molecule has 0 saturated heterocycles. The summed E-state index contributed by atoms with van der Waals surface area (Å²) in [7, 11) is 0. The summed E-state index contributed by atoms with van der Waals surface area (Å²) in [4.78, 5) is 11.4. The van der Waals surface area contributed by atoms with Gasteiger partial charge in [-0.3, -0.25) is 4.79 Å². The number of halogens is 20. The van der Waals surface area contributed by atoms with E-state index >= 15 is 35.1 Å². The van der Waals surface area contributed by atoms with E-state index in [-0.39, 0.29) is 5.78 Å². The molecule has 0 aliphatic carbocycles. The van der Waals surface area contributed by atoms with Gasteiger partial charge in [0.05, 0.1) is 0 Å². The van der Waals surface area contributed by atoms with Crippen LogP contribution in [0.4, 0.5) is 87.8 Å². The highest BCUT2D eigenvalue weighted by Crippen LogP contribution is 2.31. The number of rotatable bonds is 6. The van der Waals surface area contributed by atoms with E-state index in [1.807, 2.05) is 42.5 Å². The number of fused-ring (bicyclic) bond motifs is 1. The first-order valence-electron chi connectivity index (χ1n) is 15.4. The van der Waals surface area contributed by atoms with Gasteiger partial charge in [-0.2, -0.15) is 0 Å². The lowest BCUT2D eigenvalue weighted by Gasteiger charge is -2.44. The molecule has 0 unspecified atom stereocenters. The van der Waals surface area contributed by atoms with Crippen LogP contribution >= 0.6 is 0 Å². The minimum absolute atomic E-state index is 0.118. The number of benzene rings is 6. The van der Waals surface area contributed by atoms with Gasteiger partial charge in [0.15, 0.2) is 75.6 Å². The van der Waals surface area contributed by atoms with E-state index in [4.69, 9.17) is 0 Å². The SMILES string of the molecule is Fc1c(F)c(F)c([B-](c2c(F)c(F)c(F)c(F)c2F)(c2c(F)c(F)c(F)c(F)c2F)c2c(F)c(F)c(F)c(F)c2F)c(F)c1F.O=C(C[SH2+])c1ccc2ccccc2c1. The predicted octanol–water partition coefficient (Wildman–Crippen LogP) is 7.88. The molecule has 0 heterocycles. The molecule has 0 atom stereocenters. The first kappa shape index (κ1) is 44.4. The van der Waals surface area contributed by atoms with E-state index in [1.165, 1.54) is 0 Å². The van der Waals surface area contributed by atoms with Gasteiger partial charge in [-0.1, -0.05) is 36.4 Å². The fourth-order valence-electron chi connectivity index (χ4n) is 6.34. The summed E-state index contributed by atoms with van der Waals surface area (Å²) in [6.07, 6.45) is -7.22. The van der Waals surface area contributed by atoms with Crippen LogP contribution < -0.4 is 21.9 Å². The van der Waals surface area contributed by atoms with E-state index < -0.39 is 144 Å². The minimum Gasteiger partial charge on any atom is -0.289 e. The van der Waals surface area contributed by atoms with Crippen LogP contribution in [0.3, 0.4) is 0 Å². The summed E-state index contributed by atoms with van der Waals surface area (Å²) >= 11 is 3.21. The molecule has 0 aliphatic heterocycles. The van der Waals surface area contributed by atoms with E-state index in [0.717, 1.165) is 16.3 Å². The fourth-order valence-corrected chi connectivity index (χ4v) is 6.54. The number of carbonyl (C=O) groups is 1. The van der Waals surface area contributed by atoms with Crippen molar-refractivity contribution in [2.24, 2.45) is 0 Å². The van der Waals surface area contributed by atoms with Gasteiger partial charge in [0.2, 0.25) is 5.78 Å². The van der Waals surface area contributed by atoms with Crippen LogP contribution in [-0.4, -0.2) is 17.7 Å². The first-order chi connectivity index (χ1) is 27.5. The standard InChI is InChI=1S/C24BF20.C12H10OS/c26-5-1(6(27)14(35)21(42)13(5)34)25(2-7(28)15(36)22(43)16(37)8(2)29,3-9(30)17(38)23(44)18(39)10(3)31)4-11(32)19(40)24(45)20(41)12(4)33;13-12(8-14)11-6-5-9-3-1-2-4-10(9)7-11/h;1-7,14H,8H2/q-1;/p+1. The fraction of sp³-hybridized carbons (Fsp3) is 0.0278. The summed E-state index contributed by atoms with van der Waals surface area (Å²) in [5.41, 5.74) is -13.6. The number of hydrogen-bond donors (Lipinski definition) is 0. The summed E-state index contributed by atoms with van der Waals surface area (Å²) in [5.74, 6) is -70.9. The largest absolute Gasteiger partial charge is 0.289 e. The van der Waals surface area contributed by atoms with Crippen molar-refractivity contribution in [3.8, 4) is 0 Å². The minimum atomic E-state index is -7.22. The molecule has 1 nitrogen and oxygen atoms in total. The third-order valence-corrected chi connectivity index (χ3v) is 9.26. The highest BCUT2D eigenvalue weighted by molar-refractivity contribution is 7.59. The molecule has 6 rings (SSSR count). The monoisotopic (exact) mass is 882 g/mol. The maximum atomic E-state index is 15.4. The summed E-state index contributed by atoms with van der Waals surface area (Å²) in [5, 5.41) is 2.27. The molecule has 0 radical (unpaired) electrons. The zero-order valence-electron chi connectivity index (χ0n) is 27.8. The predicted molar refractivity (Wildman–Crippen MR) is 173 cm³/mol. The number of carbonyl (C=O) groups excluding carboxylic acids is 1. The van der Waals surface area contributed by atoms with Gasteiger partial charge < -0.3 is 0 Å². The summed E-state index contributed by atoms with van der Waals surface area (Å²) in [6, 6.07) is 13.8. The normalized spacial score (nSPS) is 11.6. The van der Waals surface area contributed by atoms with E-state index in [2.05, 4.69) is 12.6 Å². The van der Waals surface area contributed by atoms with Gasteiger partial charge >= 0.3 is 0 Å². The highest BCUT2D eigenvalue weighted by atomic mass is 32.1. The smallest absolute Gasteiger partial charge is 0.211 e. The Morgan fingerprint density at radius 3 is 0.847 bits per heavy atom. The molecular formula is C36H11BF20OS. The molecule has 0 N–H and O–H groups in total. The van der Waals surface area contributed by atoms with Crippen LogP contribution in [0.25, 0.3) is 10.8 Å². The van der Waals surface area contributed by atoms with E-state index in [9.17, 15) is 57.5 Å². The third-order valence-electron chi connectivity index (χ3n) is 8.94. The van der Waals surface area contributed by atoms with Crippen LogP contribution in [0, 0.1) is 116 Å². The van der Waals surface area contributed by atoms with Crippen molar-refractivity contribution >= 4 is 57.2 Å². The Morgan fingerprint density at radius 2 is 0.593 bits per heavy atom. The van der Waals surface area contributed by atoms with E-state index in [0.29, 0.717) is 5.75 Å². The second-order valence-electron chi connectivity index (χ2n) is 12.0. The zero-order valence-corrected chi connectivity index (χ0v) is 28.8. The van der Waals surface area contributed by atoms with Crippen LogP contribution in [0.2, 0.25) is 0 Å². The molecule has 0 aromatic heterocycles. The van der Waals surface area contributed by atoms with Crippen molar-refractivity contribution in [2.75, 3.05) is 5.75 Å². The lowest BCUT2D eigenvalue weighted by molar-refractivity contribution is 0.102. The average Bonchev–Trinajstić information content (AvgIpc) is 3.23. The molecule has 59 heavy (non-hydrogen) atoms. The number of Topliss-reactive ketones (excluding diaryl/α,β-unsaturated/α-hetero) is 1. The maximum absolute atomic E-state index is 15.4. The Bertz CT molecular complexity index is 2360. The van der Waals surface area contributed by atoms with Crippen molar-refractivity contribution in [1.82, 2.24) is 0 Å². The first-order valence-corrected chi connectivity index (χ1v) is 16.1. The van der Waals surface area contributed by atoms with Crippen molar-refractivity contribution < 1.29 is 92.6 Å². The molecule has 23 heteroatoms. The van der Waals surface area contributed by atoms with Gasteiger partial charge in [-0.05, 0) is 29.5 Å². The lowest BCUT2D eigenvalue weighted by atomic mass is 9.12. The molecular weight excluding hydrogens is 871 g/mol. The second-order valence-corrected chi connectivity index (χ2v) is 12.3. The lowest BCUT2D eigenvalue weighted by Crippen LogP contribution is -2.81. The van der Waals surface area contributed by atoms with Crippen molar-refractivity contribution in [3.05, 3.63) is 164 Å². The Hall–Kier alpha value is -5.74. The Kier molecular flexibility index (Phi) is 12.1. The molecule has 0 bridgehead atoms. The Balaban J connectivity index is 0.000000395. The van der Waals surface area contributed by atoms with Crippen LogP contribution in [-0.2, 0) is 12.6 Å². The number of ketones is 1. The van der Waals surface area contributed by atoms with Crippen LogP contribution in [0.15, 0.2) is 42.5 Å². The highest BCUT2D eigenvalue weighted by Gasteiger charge is 2.52. The number of hydrogen-bond acceptors (Lipinski definition) is 1. The zero-order chi connectivity index (χ0) is 44.3. The van der Waals surface area contributed by atoms with Crippen LogP contribution in [0.1, 0.15) is 10.4 Å². The molecule has 0 saturated carbocycles. The summed E-state index contributed by atoms with van der Waals surface area (Å²) < 4.78 is 294. The second kappa shape index (κ2) is 16.1. The molecule has 0 amide bonds. The molecule has 0 aliphatic rings. The third kappa shape index (κ3) is 6.71. The van der Waals surface area contributed by atoms with Gasteiger partial charge in [-0.15, -0.1) is 21.9 Å². The molecule has 0 spiro atoms. The van der Waals surface area contributed by atoms with Crippen molar-refractivity contribution in [1.29, 1.82) is 0 Å². The van der Waals surface area contributed by atoms with Crippen molar-refractivity contribution in [3.63, 3.8) is 0 Å². The average molecular weight is 882 g/mol. The molecule has 0 fully saturated rings. The maximum Gasteiger partial charge on any atom is 0.211 e. The van der Waals surface area contributed by atoms with E-state index in [1.54, 1.807) is 0 Å².